The Labute approximate surface area is 260 Å². The van der Waals surface area contributed by atoms with Gasteiger partial charge in [-0.25, -0.2) is 0 Å². The molecule has 2 aliphatic rings. The Morgan fingerprint density at radius 3 is 1.57 bits per heavy atom. The Balaban J connectivity index is 0.000000175. The van der Waals surface area contributed by atoms with Gasteiger partial charge < -0.3 is 43.7 Å². The molecule has 2 atom stereocenters. The molecular weight excluding hydrogens is 558 g/mol. The van der Waals surface area contributed by atoms with Crippen molar-refractivity contribution in [2.45, 2.75) is 38.8 Å². The molecule has 0 radical (unpaired) electrons. The number of anilines is 2. The lowest BCUT2D eigenvalue weighted by Crippen LogP contribution is -2.36. The molecule has 0 saturated carbocycles. The van der Waals surface area contributed by atoms with E-state index in [9.17, 15) is 15.2 Å². The molecule has 1 unspecified atom stereocenters. The van der Waals surface area contributed by atoms with Crippen molar-refractivity contribution in [3.05, 3.63) is 71.8 Å². The van der Waals surface area contributed by atoms with E-state index in [4.69, 9.17) is 18.9 Å². The van der Waals surface area contributed by atoms with Gasteiger partial charge in [0.2, 0.25) is 0 Å². The number of hydrogen-bond acceptors (Lipinski definition) is 9. The van der Waals surface area contributed by atoms with Crippen LogP contribution >= 0.6 is 0 Å². The van der Waals surface area contributed by atoms with Gasteiger partial charge in [-0.2, -0.15) is 0 Å². The molecule has 0 saturated heterocycles. The minimum Gasteiger partial charge on any atom is -0.467 e. The summed E-state index contributed by atoms with van der Waals surface area (Å²) in [6.45, 7) is 7.50. The predicted octanol–water partition coefficient (Wildman–Crippen LogP) is 5.08. The zero-order valence-electron chi connectivity index (χ0n) is 26.2. The van der Waals surface area contributed by atoms with E-state index in [0.29, 0.717) is 12.5 Å². The fourth-order valence-corrected chi connectivity index (χ4v) is 6.49. The van der Waals surface area contributed by atoms with Crippen LogP contribution in [-0.4, -0.2) is 76.8 Å². The predicted molar refractivity (Wildman–Crippen MR) is 178 cm³/mol. The summed E-state index contributed by atoms with van der Waals surface area (Å²) >= 11 is 0. The molecule has 2 aliphatic heterocycles. The van der Waals surface area contributed by atoms with Gasteiger partial charge in [-0.05, 0) is 43.0 Å². The van der Waals surface area contributed by atoms with Crippen molar-refractivity contribution in [3.8, 4) is 11.5 Å². The second kappa shape index (κ2) is 14.1. The van der Waals surface area contributed by atoms with E-state index in [1.165, 1.54) is 5.56 Å². The Bertz CT molecular complexity index is 1470. The van der Waals surface area contributed by atoms with E-state index in [0.717, 1.165) is 62.9 Å². The van der Waals surface area contributed by atoms with Crippen LogP contribution in [0.25, 0.3) is 21.5 Å². The van der Waals surface area contributed by atoms with Gasteiger partial charge in [0.05, 0.1) is 6.61 Å². The Morgan fingerprint density at radius 2 is 1.16 bits per heavy atom. The highest BCUT2D eigenvalue weighted by Gasteiger charge is 2.37. The van der Waals surface area contributed by atoms with Crippen LogP contribution in [0.2, 0.25) is 13.6 Å². The summed E-state index contributed by atoms with van der Waals surface area (Å²) in [6.07, 6.45) is 1.01. The zero-order valence-corrected chi connectivity index (χ0v) is 26.2. The van der Waals surface area contributed by atoms with Crippen LogP contribution in [0.15, 0.2) is 60.7 Å². The van der Waals surface area contributed by atoms with Crippen LogP contribution in [0.4, 0.5) is 11.4 Å². The highest BCUT2D eigenvalue weighted by Crippen LogP contribution is 2.48. The van der Waals surface area contributed by atoms with Crippen LogP contribution in [-0.2, 0) is 9.47 Å². The number of fused-ring (bicyclic) bond motifs is 4. The fourth-order valence-electron chi connectivity index (χ4n) is 6.49. The SMILES string of the molecule is CC[C@@H]1CN(B(C)O)c2cc3ccccc3c(OCOC)c21.COCOc1c2c(cc3ccccc13)N(B(C)O)CC2CO. The minimum atomic E-state index is -0.619. The molecule has 0 spiro atoms. The van der Waals surface area contributed by atoms with Crippen LogP contribution in [0.3, 0.4) is 0 Å². The molecule has 0 aliphatic carbocycles. The monoisotopic (exact) mass is 600 g/mol. The van der Waals surface area contributed by atoms with Gasteiger partial charge in [-0.15, -0.1) is 0 Å². The summed E-state index contributed by atoms with van der Waals surface area (Å²) in [6, 6.07) is 20.4. The van der Waals surface area contributed by atoms with Crippen molar-refractivity contribution in [1.82, 2.24) is 0 Å². The first kappa shape index (κ1) is 31.9. The molecule has 4 aromatic rings. The van der Waals surface area contributed by atoms with Gasteiger partial charge in [0.15, 0.2) is 13.6 Å². The van der Waals surface area contributed by atoms with Crippen molar-refractivity contribution >= 4 is 47.0 Å². The molecule has 4 aromatic carbocycles. The largest absolute Gasteiger partial charge is 0.467 e. The Morgan fingerprint density at radius 1 is 0.727 bits per heavy atom. The van der Waals surface area contributed by atoms with Crippen LogP contribution in [0.1, 0.15) is 36.3 Å². The minimum absolute atomic E-state index is 0.0118. The average Bonchev–Trinajstić information content (AvgIpc) is 3.60. The molecule has 44 heavy (non-hydrogen) atoms. The summed E-state index contributed by atoms with van der Waals surface area (Å²) in [5.41, 5.74) is 4.13. The third kappa shape index (κ3) is 6.07. The second-order valence-electron chi connectivity index (χ2n) is 11.4. The molecule has 2 heterocycles. The first-order valence-electron chi connectivity index (χ1n) is 15.2. The molecule has 11 heteroatoms. The molecule has 0 aromatic heterocycles. The summed E-state index contributed by atoms with van der Waals surface area (Å²) < 4.78 is 21.9. The van der Waals surface area contributed by atoms with Crippen molar-refractivity contribution in [2.24, 2.45) is 0 Å². The summed E-state index contributed by atoms with van der Waals surface area (Å²) in [5, 5.41) is 34.1. The van der Waals surface area contributed by atoms with Gasteiger partial charge in [0, 0.05) is 72.4 Å². The summed E-state index contributed by atoms with van der Waals surface area (Å²) in [7, 11) is 2.08. The zero-order chi connectivity index (χ0) is 31.4. The number of hydrogen-bond donors (Lipinski definition) is 3. The Hall–Kier alpha value is -3.47. The van der Waals surface area contributed by atoms with Crippen molar-refractivity contribution < 1.29 is 34.1 Å². The van der Waals surface area contributed by atoms with E-state index < -0.39 is 14.1 Å². The van der Waals surface area contributed by atoms with E-state index >= 15 is 0 Å². The Kier molecular flexibility index (Phi) is 10.2. The fraction of sp³-hybridized carbons (Fsp3) is 0.394. The number of benzene rings is 4. The quantitative estimate of drug-likeness (QED) is 0.170. The van der Waals surface area contributed by atoms with Gasteiger partial charge in [0.1, 0.15) is 11.5 Å². The molecule has 6 rings (SSSR count). The standard InChI is InChI=1S/C17H22BNO3.C16H20BNO4/c1-4-12-10-19(18(2)20)15-9-13-7-5-6-8-14(13)17(16(12)15)22-11-21-3;1-17(20)18-8-12(9-19)15-14(18)7-11-5-3-4-6-13(11)16(15)22-10-21-2/h5-9,12,20H,4,10-11H2,1-3H3;3-7,12,19-20H,8-10H2,1-2H3/t12-;/m1./s1. The third-order valence-electron chi connectivity index (χ3n) is 8.56. The van der Waals surface area contributed by atoms with E-state index in [2.05, 4.69) is 29.9 Å². The second-order valence-corrected chi connectivity index (χ2v) is 11.4. The molecular formula is C33H42B2N2O7. The van der Waals surface area contributed by atoms with Gasteiger partial charge in [-0.1, -0.05) is 55.5 Å². The van der Waals surface area contributed by atoms with Crippen molar-refractivity contribution in [3.63, 3.8) is 0 Å². The molecule has 0 bridgehead atoms. The van der Waals surface area contributed by atoms with Crippen LogP contribution in [0.5, 0.6) is 11.5 Å². The normalized spacial score (nSPS) is 16.9. The van der Waals surface area contributed by atoms with E-state index in [1.54, 1.807) is 21.0 Å². The number of methoxy groups -OCH3 is 2. The van der Waals surface area contributed by atoms with Gasteiger partial charge in [0.25, 0.3) is 0 Å². The topological polar surface area (TPSA) is 104 Å². The third-order valence-corrected chi connectivity index (χ3v) is 8.56. The lowest BCUT2D eigenvalue weighted by atomic mass is 9.85. The lowest BCUT2D eigenvalue weighted by Gasteiger charge is -2.21. The molecule has 9 nitrogen and oxygen atoms in total. The van der Waals surface area contributed by atoms with Crippen LogP contribution < -0.4 is 19.1 Å². The molecule has 232 valence electrons. The van der Waals surface area contributed by atoms with E-state index in [1.807, 2.05) is 54.1 Å². The van der Waals surface area contributed by atoms with E-state index in [-0.39, 0.29) is 26.1 Å². The van der Waals surface area contributed by atoms with Gasteiger partial charge >= 0.3 is 14.1 Å². The lowest BCUT2D eigenvalue weighted by molar-refractivity contribution is 0.0511. The maximum Gasteiger partial charge on any atom is 0.409 e. The summed E-state index contributed by atoms with van der Waals surface area (Å²) in [4.78, 5) is 3.94. The van der Waals surface area contributed by atoms with Crippen molar-refractivity contribution in [2.75, 3.05) is 57.1 Å². The smallest absolute Gasteiger partial charge is 0.409 e. The van der Waals surface area contributed by atoms with Crippen LogP contribution in [0, 0.1) is 0 Å². The van der Waals surface area contributed by atoms with Gasteiger partial charge in [-0.3, -0.25) is 0 Å². The maximum absolute atomic E-state index is 10.1. The number of rotatable bonds is 10. The number of aliphatic hydroxyl groups is 1. The molecule has 0 amide bonds. The molecule has 3 N–H and O–H groups in total. The first-order chi connectivity index (χ1) is 21.3. The highest BCUT2D eigenvalue weighted by atomic mass is 16.7. The first-order valence-corrected chi connectivity index (χ1v) is 15.2. The summed E-state index contributed by atoms with van der Waals surface area (Å²) in [5.74, 6) is 1.91. The number of nitrogens with zero attached hydrogens (tertiary/aromatic N) is 2. The number of ether oxygens (including phenoxy) is 4. The molecule has 0 fully saturated rings. The number of aliphatic hydroxyl groups excluding tert-OH is 1. The van der Waals surface area contributed by atoms with Crippen molar-refractivity contribution in [1.29, 1.82) is 0 Å². The average molecular weight is 600 g/mol. The highest BCUT2D eigenvalue weighted by molar-refractivity contribution is 6.54. The maximum atomic E-state index is 10.1.